The number of carbonyl (C=O) groups is 1. The number of hydrogen-bond donors (Lipinski definition) is 1. The van der Waals surface area contributed by atoms with Crippen LogP contribution in [-0.2, 0) is 4.79 Å². The summed E-state index contributed by atoms with van der Waals surface area (Å²) in [6.45, 7) is 4.58. The number of carboxylic acid groups (broad SMARTS) is 1. The van der Waals surface area contributed by atoms with Gasteiger partial charge >= 0.3 is 5.97 Å². The van der Waals surface area contributed by atoms with Gasteiger partial charge in [0.15, 0.2) is 0 Å². The number of fused-ring (bicyclic) bond motifs is 2. The molecule has 15 heavy (non-hydrogen) atoms. The van der Waals surface area contributed by atoms with Gasteiger partial charge in [0.2, 0.25) is 0 Å². The van der Waals surface area contributed by atoms with Crippen molar-refractivity contribution in [3.8, 4) is 0 Å². The topological polar surface area (TPSA) is 40.5 Å². The molecule has 3 fully saturated rings. The summed E-state index contributed by atoms with van der Waals surface area (Å²) in [5.41, 5.74) is 0.348. The van der Waals surface area contributed by atoms with Crippen LogP contribution in [0.1, 0.15) is 26.7 Å². The normalized spacial score (nSPS) is 42.5. The van der Waals surface area contributed by atoms with Crippen molar-refractivity contribution in [3.05, 3.63) is 0 Å². The van der Waals surface area contributed by atoms with Gasteiger partial charge in [-0.05, 0) is 44.2 Å². The van der Waals surface area contributed by atoms with Crippen LogP contribution in [0.15, 0.2) is 0 Å². The van der Waals surface area contributed by atoms with Crippen LogP contribution in [0, 0.1) is 23.2 Å². The molecule has 86 valence electrons. The average Bonchev–Trinajstić information content (AvgIpc) is 2.16. The van der Waals surface area contributed by atoms with Gasteiger partial charge in [-0.3, -0.25) is 4.79 Å². The second-order valence-electron chi connectivity index (χ2n) is 6.00. The summed E-state index contributed by atoms with van der Waals surface area (Å²) in [4.78, 5) is 13.3. The Morgan fingerprint density at radius 1 is 1.33 bits per heavy atom. The maximum absolute atomic E-state index is 11.2. The fourth-order valence-electron chi connectivity index (χ4n) is 3.73. The number of nitrogens with zero attached hydrogens (tertiary/aromatic N) is 1. The summed E-state index contributed by atoms with van der Waals surface area (Å²) in [5.74, 6) is 0.419. The molecule has 3 aliphatic carbocycles. The van der Waals surface area contributed by atoms with Gasteiger partial charge in [-0.15, -0.1) is 0 Å². The van der Waals surface area contributed by atoms with Crippen molar-refractivity contribution in [2.75, 3.05) is 14.1 Å². The second-order valence-corrected chi connectivity index (χ2v) is 6.00. The molecular weight excluding hydrogens is 190 g/mol. The molecule has 0 amide bonds. The molecule has 0 heterocycles. The third-order valence-electron chi connectivity index (χ3n) is 4.82. The monoisotopic (exact) mass is 211 g/mol. The zero-order valence-electron chi connectivity index (χ0n) is 10.0. The van der Waals surface area contributed by atoms with Gasteiger partial charge in [0.05, 0.1) is 5.92 Å². The Morgan fingerprint density at radius 2 is 1.93 bits per heavy atom. The maximum atomic E-state index is 11.2. The Kier molecular flexibility index (Phi) is 2.34. The van der Waals surface area contributed by atoms with Crippen molar-refractivity contribution in [1.82, 2.24) is 4.90 Å². The summed E-state index contributed by atoms with van der Waals surface area (Å²) < 4.78 is 0. The Labute approximate surface area is 91.5 Å². The van der Waals surface area contributed by atoms with Gasteiger partial charge in [-0.25, -0.2) is 0 Å². The highest BCUT2D eigenvalue weighted by atomic mass is 16.4. The molecule has 0 aromatic heterocycles. The second kappa shape index (κ2) is 3.21. The molecule has 0 aromatic rings. The third kappa shape index (κ3) is 1.40. The lowest BCUT2D eigenvalue weighted by Crippen LogP contribution is -2.63. The van der Waals surface area contributed by atoms with Crippen molar-refractivity contribution in [3.63, 3.8) is 0 Å². The molecule has 2 bridgehead atoms. The highest BCUT2D eigenvalue weighted by Gasteiger charge is 2.59. The van der Waals surface area contributed by atoms with E-state index in [1.54, 1.807) is 0 Å². The highest BCUT2D eigenvalue weighted by Crippen LogP contribution is 2.61. The van der Waals surface area contributed by atoms with Crippen LogP contribution in [0.3, 0.4) is 0 Å². The van der Waals surface area contributed by atoms with Crippen molar-refractivity contribution < 1.29 is 9.90 Å². The Balaban J connectivity index is 2.24. The molecule has 4 atom stereocenters. The first kappa shape index (κ1) is 10.9. The van der Waals surface area contributed by atoms with E-state index in [4.69, 9.17) is 0 Å². The minimum atomic E-state index is -0.612. The van der Waals surface area contributed by atoms with Crippen LogP contribution in [-0.4, -0.2) is 36.1 Å². The largest absolute Gasteiger partial charge is 0.481 e. The number of carboxylic acids is 1. The van der Waals surface area contributed by atoms with Gasteiger partial charge < -0.3 is 10.0 Å². The number of hydrogen-bond acceptors (Lipinski definition) is 2. The lowest BCUT2D eigenvalue weighted by Gasteiger charge is -2.63. The first-order chi connectivity index (χ1) is 6.85. The SMILES string of the molecule is CN(C)[C@H]1[C@@H](C(=O)O)C[C@H]2C[C@@H]1C2(C)C. The summed E-state index contributed by atoms with van der Waals surface area (Å²) in [5, 5.41) is 9.24. The van der Waals surface area contributed by atoms with Gasteiger partial charge in [-0.2, -0.15) is 0 Å². The molecule has 0 saturated heterocycles. The molecule has 0 radical (unpaired) electrons. The van der Waals surface area contributed by atoms with Crippen molar-refractivity contribution in [2.45, 2.75) is 32.7 Å². The van der Waals surface area contributed by atoms with Crippen LogP contribution in [0.25, 0.3) is 0 Å². The molecule has 3 aliphatic rings. The van der Waals surface area contributed by atoms with E-state index in [1.165, 1.54) is 6.42 Å². The van der Waals surface area contributed by atoms with E-state index in [-0.39, 0.29) is 12.0 Å². The van der Waals surface area contributed by atoms with Crippen LogP contribution in [0.5, 0.6) is 0 Å². The third-order valence-corrected chi connectivity index (χ3v) is 4.82. The zero-order chi connectivity index (χ0) is 11.4. The standard InChI is InChI=1S/C12H21NO2/c1-12(2)7-5-8(11(14)15)10(13(3)4)9(12)6-7/h7-10H,5-6H2,1-4H3,(H,14,15)/t7-,8-,9-,10-/m0/s1. The Morgan fingerprint density at radius 3 is 2.33 bits per heavy atom. The molecular formula is C12H21NO2. The first-order valence-electron chi connectivity index (χ1n) is 5.75. The van der Waals surface area contributed by atoms with Crippen molar-refractivity contribution in [2.24, 2.45) is 23.2 Å². The highest BCUT2D eigenvalue weighted by molar-refractivity contribution is 5.71. The number of rotatable bonds is 2. The molecule has 0 aliphatic heterocycles. The number of aliphatic carboxylic acids is 1. The van der Waals surface area contributed by atoms with E-state index in [0.29, 0.717) is 17.3 Å². The molecule has 3 heteroatoms. The molecule has 0 aromatic carbocycles. The Bertz CT molecular complexity index is 285. The van der Waals surface area contributed by atoms with Crippen molar-refractivity contribution >= 4 is 5.97 Å². The van der Waals surface area contributed by atoms with E-state index in [1.807, 2.05) is 14.1 Å². The minimum Gasteiger partial charge on any atom is -0.481 e. The van der Waals surface area contributed by atoms with Crippen LogP contribution in [0.4, 0.5) is 0 Å². The summed E-state index contributed by atoms with van der Waals surface area (Å²) in [7, 11) is 4.02. The molecule has 3 saturated carbocycles. The van der Waals surface area contributed by atoms with Crippen molar-refractivity contribution in [1.29, 1.82) is 0 Å². The summed E-state index contributed by atoms with van der Waals surface area (Å²) >= 11 is 0. The fraction of sp³-hybridized carbons (Fsp3) is 0.917. The fourth-order valence-corrected chi connectivity index (χ4v) is 3.73. The first-order valence-corrected chi connectivity index (χ1v) is 5.75. The molecule has 3 nitrogen and oxygen atoms in total. The van der Waals surface area contributed by atoms with Gasteiger partial charge in [0.25, 0.3) is 0 Å². The van der Waals surface area contributed by atoms with E-state index in [9.17, 15) is 9.90 Å². The zero-order valence-corrected chi connectivity index (χ0v) is 10.0. The van der Waals surface area contributed by atoms with Crippen LogP contribution in [0.2, 0.25) is 0 Å². The van der Waals surface area contributed by atoms with E-state index in [0.717, 1.165) is 6.42 Å². The van der Waals surface area contributed by atoms with E-state index < -0.39 is 5.97 Å². The van der Waals surface area contributed by atoms with E-state index in [2.05, 4.69) is 18.7 Å². The summed E-state index contributed by atoms with van der Waals surface area (Å²) in [6, 6.07) is 0.225. The lowest BCUT2D eigenvalue weighted by molar-refractivity contribution is -0.171. The average molecular weight is 211 g/mol. The molecule has 3 rings (SSSR count). The maximum Gasteiger partial charge on any atom is 0.308 e. The lowest BCUT2D eigenvalue weighted by atomic mass is 9.45. The minimum absolute atomic E-state index is 0.156. The Hall–Kier alpha value is -0.570. The van der Waals surface area contributed by atoms with Crippen LogP contribution < -0.4 is 0 Å². The van der Waals surface area contributed by atoms with Gasteiger partial charge in [0.1, 0.15) is 0 Å². The van der Waals surface area contributed by atoms with Gasteiger partial charge in [-0.1, -0.05) is 13.8 Å². The quantitative estimate of drug-likeness (QED) is 0.755. The predicted molar refractivity (Wildman–Crippen MR) is 58.6 cm³/mol. The molecule has 0 spiro atoms. The molecule has 0 unspecified atom stereocenters. The smallest absolute Gasteiger partial charge is 0.308 e. The summed E-state index contributed by atoms with van der Waals surface area (Å²) in [6.07, 6.45) is 2.08. The van der Waals surface area contributed by atoms with Gasteiger partial charge in [0, 0.05) is 6.04 Å². The predicted octanol–water partition coefficient (Wildman–Crippen LogP) is 1.68. The van der Waals surface area contributed by atoms with E-state index >= 15 is 0 Å². The molecule has 1 N–H and O–H groups in total. The van der Waals surface area contributed by atoms with Crippen LogP contribution >= 0.6 is 0 Å².